The number of hydrogen-bond acceptors (Lipinski definition) is 3. The number of rotatable bonds is 5. The summed E-state index contributed by atoms with van der Waals surface area (Å²) in [6.45, 7) is 4.15. The molecule has 6 heteroatoms. The van der Waals surface area contributed by atoms with Gasteiger partial charge in [-0.15, -0.1) is 0 Å². The standard InChI is InChI=1S/C13H17ClN2O3/c1-4-16(3)12(17)8(2)15-11-6-5-9(14)7-10(11)13(18)19/h5-8,15H,4H2,1-3H3,(H,18,19). The monoisotopic (exact) mass is 284 g/mol. The maximum atomic E-state index is 11.9. The number of amides is 1. The Bertz CT molecular complexity index is 491. The van der Waals surface area contributed by atoms with E-state index >= 15 is 0 Å². The highest BCUT2D eigenvalue weighted by atomic mass is 35.5. The van der Waals surface area contributed by atoms with Gasteiger partial charge in [-0.3, -0.25) is 4.79 Å². The maximum Gasteiger partial charge on any atom is 0.337 e. The van der Waals surface area contributed by atoms with E-state index in [1.807, 2.05) is 6.92 Å². The van der Waals surface area contributed by atoms with Crippen molar-refractivity contribution in [2.75, 3.05) is 18.9 Å². The first kappa shape index (κ1) is 15.3. The number of anilines is 1. The number of nitrogens with zero attached hydrogens (tertiary/aromatic N) is 1. The number of carboxylic acids is 1. The van der Waals surface area contributed by atoms with Crippen molar-refractivity contribution in [2.24, 2.45) is 0 Å². The third kappa shape index (κ3) is 3.86. The van der Waals surface area contributed by atoms with Crippen LogP contribution in [0.5, 0.6) is 0 Å². The van der Waals surface area contributed by atoms with Gasteiger partial charge < -0.3 is 15.3 Å². The van der Waals surface area contributed by atoms with E-state index in [9.17, 15) is 9.59 Å². The Hall–Kier alpha value is -1.75. The van der Waals surface area contributed by atoms with E-state index in [4.69, 9.17) is 16.7 Å². The van der Waals surface area contributed by atoms with Crippen molar-refractivity contribution in [3.8, 4) is 0 Å². The normalized spacial score (nSPS) is 11.8. The zero-order valence-electron chi connectivity index (χ0n) is 11.1. The average molecular weight is 285 g/mol. The fraction of sp³-hybridized carbons (Fsp3) is 0.385. The predicted octanol–water partition coefficient (Wildman–Crippen LogP) is 2.32. The van der Waals surface area contributed by atoms with Crippen molar-refractivity contribution in [3.63, 3.8) is 0 Å². The Morgan fingerprint density at radius 3 is 2.63 bits per heavy atom. The van der Waals surface area contributed by atoms with Gasteiger partial charge >= 0.3 is 5.97 Å². The van der Waals surface area contributed by atoms with Crippen molar-refractivity contribution in [2.45, 2.75) is 19.9 Å². The lowest BCUT2D eigenvalue weighted by Gasteiger charge is -2.22. The molecule has 0 aliphatic heterocycles. The highest BCUT2D eigenvalue weighted by Gasteiger charge is 2.19. The minimum atomic E-state index is -1.09. The summed E-state index contributed by atoms with van der Waals surface area (Å²) in [6, 6.07) is 3.98. The lowest BCUT2D eigenvalue weighted by Crippen LogP contribution is -2.39. The SMILES string of the molecule is CCN(C)C(=O)C(C)Nc1ccc(Cl)cc1C(=O)O. The summed E-state index contributed by atoms with van der Waals surface area (Å²) in [5.74, 6) is -1.19. The number of nitrogens with one attached hydrogen (secondary N) is 1. The fourth-order valence-corrected chi connectivity index (χ4v) is 1.77. The van der Waals surface area contributed by atoms with Crippen LogP contribution in [0.15, 0.2) is 18.2 Å². The second-order valence-electron chi connectivity index (χ2n) is 4.21. The van der Waals surface area contributed by atoms with Gasteiger partial charge in [0.05, 0.1) is 5.56 Å². The largest absolute Gasteiger partial charge is 0.478 e. The minimum Gasteiger partial charge on any atom is -0.478 e. The van der Waals surface area contributed by atoms with E-state index in [0.29, 0.717) is 17.3 Å². The number of carbonyl (C=O) groups is 2. The molecule has 1 unspecified atom stereocenters. The molecule has 0 radical (unpaired) electrons. The first-order chi connectivity index (χ1) is 8.86. The molecule has 1 aromatic rings. The minimum absolute atomic E-state index is 0.0475. The van der Waals surface area contributed by atoms with Crippen LogP contribution in [-0.2, 0) is 4.79 Å². The Morgan fingerprint density at radius 2 is 2.11 bits per heavy atom. The van der Waals surface area contributed by atoms with Crippen molar-refractivity contribution < 1.29 is 14.7 Å². The van der Waals surface area contributed by atoms with Gasteiger partial charge in [0.25, 0.3) is 0 Å². The summed E-state index contributed by atoms with van der Waals surface area (Å²) >= 11 is 5.77. The van der Waals surface area contributed by atoms with Crippen LogP contribution in [0.3, 0.4) is 0 Å². The zero-order chi connectivity index (χ0) is 14.6. The van der Waals surface area contributed by atoms with Crippen LogP contribution in [0.25, 0.3) is 0 Å². The highest BCUT2D eigenvalue weighted by Crippen LogP contribution is 2.21. The van der Waals surface area contributed by atoms with Crippen molar-refractivity contribution in [3.05, 3.63) is 28.8 Å². The first-order valence-electron chi connectivity index (χ1n) is 5.91. The molecule has 2 N–H and O–H groups in total. The van der Waals surface area contributed by atoms with Crippen LogP contribution < -0.4 is 5.32 Å². The Labute approximate surface area is 117 Å². The summed E-state index contributed by atoms with van der Waals surface area (Å²) in [5, 5.41) is 12.3. The molecular weight excluding hydrogens is 268 g/mol. The van der Waals surface area contributed by atoms with E-state index in [1.165, 1.54) is 6.07 Å². The van der Waals surface area contributed by atoms with E-state index in [-0.39, 0.29) is 11.5 Å². The Morgan fingerprint density at radius 1 is 1.47 bits per heavy atom. The molecule has 1 atom stereocenters. The Balaban J connectivity index is 2.93. The molecule has 0 heterocycles. The van der Waals surface area contributed by atoms with E-state index < -0.39 is 12.0 Å². The van der Waals surface area contributed by atoms with Gasteiger partial charge in [-0.1, -0.05) is 11.6 Å². The summed E-state index contributed by atoms with van der Waals surface area (Å²) in [5.41, 5.74) is 0.425. The molecule has 1 aromatic carbocycles. The van der Waals surface area contributed by atoms with Crippen molar-refractivity contribution >= 4 is 29.2 Å². The van der Waals surface area contributed by atoms with Gasteiger partial charge in [-0.25, -0.2) is 4.79 Å². The van der Waals surface area contributed by atoms with Crippen LogP contribution in [0.1, 0.15) is 24.2 Å². The summed E-state index contributed by atoms with van der Waals surface area (Å²) in [7, 11) is 1.69. The predicted molar refractivity (Wildman–Crippen MR) is 74.8 cm³/mol. The van der Waals surface area contributed by atoms with Crippen LogP contribution >= 0.6 is 11.6 Å². The number of carbonyl (C=O) groups excluding carboxylic acids is 1. The van der Waals surface area contributed by atoms with Gasteiger partial charge in [0.1, 0.15) is 6.04 Å². The lowest BCUT2D eigenvalue weighted by atomic mass is 10.1. The Kier molecular flexibility index (Phi) is 5.18. The second-order valence-corrected chi connectivity index (χ2v) is 4.65. The summed E-state index contributed by atoms with van der Waals surface area (Å²) < 4.78 is 0. The molecule has 0 saturated heterocycles. The van der Waals surface area contributed by atoms with Crippen molar-refractivity contribution in [1.29, 1.82) is 0 Å². The highest BCUT2D eigenvalue weighted by molar-refractivity contribution is 6.31. The number of aromatic carboxylic acids is 1. The number of carboxylic acid groups (broad SMARTS) is 1. The third-order valence-corrected chi connectivity index (χ3v) is 3.04. The molecule has 0 aliphatic carbocycles. The number of hydrogen-bond donors (Lipinski definition) is 2. The van der Waals surface area contributed by atoms with Gasteiger partial charge in [0, 0.05) is 24.3 Å². The van der Waals surface area contributed by atoms with Crippen molar-refractivity contribution in [1.82, 2.24) is 4.90 Å². The molecule has 0 saturated carbocycles. The second kappa shape index (κ2) is 6.43. The molecule has 0 fully saturated rings. The molecule has 1 rings (SSSR count). The molecule has 5 nitrogen and oxygen atoms in total. The molecule has 0 aliphatic rings. The number of likely N-dealkylation sites (N-methyl/N-ethyl adjacent to an activating group) is 1. The van der Waals surface area contributed by atoms with E-state index in [1.54, 1.807) is 31.0 Å². The topological polar surface area (TPSA) is 69.6 Å². The molecule has 104 valence electrons. The van der Waals surface area contributed by atoms with Crippen LogP contribution in [0.2, 0.25) is 5.02 Å². The van der Waals surface area contributed by atoms with Gasteiger partial charge in [-0.2, -0.15) is 0 Å². The van der Waals surface area contributed by atoms with E-state index in [0.717, 1.165) is 0 Å². The zero-order valence-corrected chi connectivity index (χ0v) is 11.9. The first-order valence-corrected chi connectivity index (χ1v) is 6.29. The quantitative estimate of drug-likeness (QED) is 0.870. The van der Waals surface area contributed by atoms with E-state index in [2.05, 4.69) is 5.32 Å². The average Bonchev–Trinajstić information content (AvgIpc) is 2.38. The summed E-state index contributed by atoms with van der Waals surface area (Å²) in [4.78, 5) is 24.6. The molecule has 19 heavy (non-hydrogen) atoms. The smallest absolute Gasteiger partial charge is 0.337 e. The fourth-order valence-electron chi connectivity index (χ4n) is 1.60. The third-order valence-electron chi connectivity index (χ3n) is 2.81. The van der Waals surface area contributed by atoms with Crippen LogP contribution in [0.4, 0.5) is 5.69 Å². The number of halogens is 1. The maximum absolute atomic E-state index is 11.9. The molecular formula is C13H17ClN2O3. The number of benzene rings is 1. The molecule has 1 amide bonds. The van der Waals surface area contributed by atoms with Gasteiger partial charge in [0.2, 0.25) is 5.91 Å². The summed E-state index contributed by atoms with van der Waals surface area (Å²) in [6.07, 6.45) is 0. The van der Waals surface area contributed by atoms with Crippen LogP contribution in [-0.4, -0.2) is 41.5 Å². The molecule has 0 bridgehead atoms. The molecule has 0 aromatic heterocycles. The molecule has 0 spiro atoms. The van der Waals surface area contributed by atoms with Crippen LogP contribution in [0, 0.1) is 0 Å². The van der Waals surface area contributed by atoms with Gasteiger partial charge in [-0.05, 0) is 32.0 Å². The van der Waals surface area contributed by atoms with Gasteiger partial charge in [0.15, 0.2) is 0 Å². The lowest BCUT2D eigenvalue weighted by molar-refractivity contribution is -0.130.